The first-order chi connectivity index (χ1) is 7.35. The van der Waals surface area contributed by atoms with Gasteiger partial charge in [-0.15, -0.1) is 11.3 Å². The van der Waals surface area contributed by atoms with Gasteiger partial charge in [-0.05, 0) is 64.6 Å². The average molecular weight is 372 g/mol. The molecule has 2 nitrogen and oxygen atoms in total. The fraction of sp³-hybridized carbons (Fsp3) is 0.636. The second kappa shape index (κ2) is 5.96. The average Bonchev–Trinajstić information content (AvgIpc) is 2.56. The van der Waals surface area contributed by atoms with E-state index in [1.54, 1.807) is 18.4 Å². The quantitative estimate of drug-likeness (QED) is 0.824. The maximum Gasteiger partial charge on any atom is 0.0883 e. The molecule has 0 spiro atoms. The molecule has 0 bridgehead atoms. The highest BCUT2D eigenvalue weighted by Gasteiger charge is 2.20. The summed E-state index contributed by atoms with van der Waals surface area (Å²) < 4.78 is 7.35. The highest BCUT2D eigenvalue weighted by Crippen LogP contribution is 2.37. The topological polar surface area (TPSA) is 29.5 Å². The fourth-order valence-electron chi connectivity index (χ4n) is 1.26. The zero-order valence-electron chi connectivity index (χ0n) is 9.59. The lowest BCUT2D eigenvalue weighted by Gasteiger charge is -2.23. The van der Waals surface area contributed by atoms with Crippen LogP contribution in [0.1, 0.15) is 37.7 Å². The Balaban J connectivity index is 2.56. The van der Waals surface area contributed by atoms with E-state index in [1.165, 1.54) is 0 Å². The Labute approximate surface area is 117 Å². The minimum Gasteiger partial charge on any atom is -0.388 e. The van der Waals surface area contributed by atoms with E-state index >= 15 is 0 Å². The first-order valence-electron chi connectivity index (χ1n) is 5.03. The van der Waals surface area contributed by atoms with Gasteiger partial charge in [0.1, 0.15) is 0 Å². The number of aliphatic hydroxyl groups excluding tert-OH is 1. The molecule has 1 atom stereocenters. The molecule has 1 aromatic heterocycles. The van der Waals surface area contributed by atoms with Gasteiger partial charge in [-0.3, -0.25) is 0 Å². The molecule has 1 rings (SSSR count). The summed E-state index contributed by atoms with van der Waals surface area (Å²) in [5.74, 6) is 0. The Morgan fingerprint density at radius 3 is 2.56 bits per heavy atom. The maximum absolute atomic E-state index is 10.0. The SMILES string of the molecule is COC(C)(C)CCC(O)c1cc(Br)c(Br)s1. The van der Waals surface area contributed by atoms with Gasteiger partial charge in [0, 0.05) is 16.5 Å². The van der Waals surface area contributed by atoms with E-state index in [1.807, 2.05) is 19.9 Å². The van der Waals surface area contributed by atoms with E-state index in [0.29, 0.717) is 6.42 Å². The van der Waals surface area contributed by atoms with E-state index in [9.17, 15) is 5.11 Å². The summed E-state index contributed by atoms with van der Waals surface area (Å²) in [4.78, 5) is 0.977. The molecular weight excluding hydrogens is 356 g/mol. The van der Waals surface area contributed by atoms with Crippen LogP contribution in [0.4, 0.5) is 0 Å². The van der Waals surface area contributed by atoms with E-state index < -0.39 is 6.10 Å². The van der Waals surface area contributed by atoms with Gasteiger partial charge < -0.3 is 9.84 Å². The van der Waals surface area contributed by atoms with E-state index in [-0.39, 0.29) is 5.60 Å². The third-order valence-electron chi connectivity index (χ3n) is 2.57. The van der Waals surface area contributed by atoms with Crippen LogP contribution < -0.4 is 0 Å². The van der Waals surface area contributed by atoms with Gasteiger partial charge in [-0.1, -0.05) is 0 Å². The number of thiophene rings is 1. The normalized spacial score (nSPS) is 14.1. The van der Waals surface area contributed by atoms with E-state index in [2.05, 4.69) is 31.9 Å². The second-order valence-electron chi connectivity index (χ2n) is 4.29. The molecule has 1 N–H and O–H groups in total. The molecule has 0 saturated carbocycles. The summed E-state index contributed by atoms with van der Waals surface area (Å²) >= 11 is 8.40. The second-order valence-corrected chi connectivity index (χ2v) is 7.54. The Bertz CT molecular complexity index is 330. The molecule has 0 aliphatic rings. The van der Waals surface area contributed by atoms with E-state index in [0.717, 1.165) is 19.6 Å². The van der Waals surface area contributed by atoms with Crippen molar-refractivity contribution in [3.8, 4) is 0 Å². The monoisotopic (exact) mass is 370 g/mol. The molecule has 0 aliphatic heterocycles. The van der Waals surface area contributed by atoms with Crippen LogP contribution in [-0.4, -0.2) is 17.8 Å². The molecule has 1 aromatic rings. The molecule has 16 heavy (non-hydrogen) atoms. The summed E-state index contributed by atoms with van der Waals surface area (Å²) in [5.41, 5.74) is -0.174. The molecule has 92 valence electrons. The highest BCUT2D eigenvalue weighted by atomic mass is 79.9. The van der Waals surface area contributed by atoms with E-state index in [4.69, 9.17) is 4.74 Å². The van der Waals surface area contributed by atoms with Gasteiger partial charge >= 0.3 is 0 Å². The first-order valence-corrected chi connectivity index (χ1v) is 7.44. The Morgan fingerprint density at radius 1 is 1.50 bits per heavy atom. The van der Waals surface area contributed by atoms with Crippen molar-refractivity contribution in [2.75, 3.05) is 7.11 Å². The van der Waals surface area contributed by atoms with Gasteiger partial charge in [0.05, 0.1) is 15.5 Å². The summed E-state index contributed by atoms with van der Waals surface area (Å²) in [6.45, 7) is 4.06. The van der Waals surface area contributed by atoms with Crippen molar-refractivity contribution in [3.05, 3.63) is 19.2 Å². The molecule has 0 amide bonds. The Hall–Kier alpha value is 0.580. The number of ether oxygens (including phenoxy) is 1. The van der Waals surface area contributed by atoms with Crippen LogP contribution in [0.2, 0.25) is 0 Å². The fourth-order valence-corrected chi connectivity index (χ4v) is 3.37. The smallest absolute Gasteiger partial charge is 0.0883 e. The zero-order chi connectivity index (χ0) is 12.3. The summed E-state index contributed by atoms with van der Waals surface area (Å²) in [6.07, 6.45) is 1.12. The van der Waals surface area contributed by atoms with Crippen molar-refractivity contribution in [2.45, 2.75) is 38.4 Å². The van der Waals surface area contributed by atoms with Crippen LogP contribution in [0.3, 0.4) is 0 Å². The molecule has 0 aromatic carbocycles. The van der Waals surface area contributed by atoms with Gasteiger partial charge in [0.25, 0.3) is 0 Å². The summed E-state index contributed by atoms with van der Waals surface area (Å²) in [6, 6.07) is 1.96. The highest BCUT2D eigenvalue weighted by molar-refractivity contribution is 9.13. The minimum atomic E-state index is -0.415. The van der Waals surface area contributed by atoms with Crippen molar-refractivity contribution < 1.29 is 9.84 Å². The molecule has 5 heteroatoms. The van der Waals surface area contributed by atoms with Crippen LogP contribution in [-0.2, 0) is 4.74 Å². The Kier molecular flexibility index (Phi) is 5.45. The molecule has 0 saturated heterocycles. The van der Waals surface area contributed by atoms with Gasteiger partial charge in [-0.25, -0.2) is 0 Å². The van der Waals surface area contributed by atoms with Crippen molar-refractivity contribution in [2.24, 2.45) is 0 Å². The van der Waals surface area contributed by atoms with Crippen LogP contribution in [0.25, 0.3) is 0 Å². The lowest BCUT2D eigenvalue weighted by Crippen LogP contribution is -2.22. The van der Waals surface area contributed by atoms with Crippen molar-refractivity contribution in [1.29, 1.82) is 0 Å². The standard InChI is InChI=1S/C11H16Br2O2S/c1-11(2,15-3)5-4-8(14)9-6-7(12)10(13)16-9/h6,8,14H,4-5H2,1-3H3. The lowest BCUT2D eigenvalue weighted by molar-refractivity contribution is 0.00309. The maximum atomic E-state index is 10.0. The van der Waals surface area contributed by atoms with Crippen molar-refractivity contribution in [1.82, 2.24) is 0 Å². The molecule has 1 heterocycles. The van der Waals surface area contributed by atoms with Crippen LogP contribution >= 0.6 is 43.2 Å². The molecular formula is C11H16Br2O2S. The number of methoxy groups -OCH3 is 1. The molecule has 0 fully saturated rings. The predicted octanol–water partition coefficient (Wildman–Crippen LogP) is 4.51. The van der Waals surface area contributed by atoms with Crippen LogP contribution in [0.5, 0.6) is 0 Å². The van der Waals surface area contributed by atoms with Crippen molar-refractivity contribution >= 4 is 43.2 Å². The molecule has 0 radical (unpaired) electrons. The minimum absolute atomic E-state index is 0.174. The van der Waals surface area contributed by atoms with Crippen LogP contribution in [0, 0.1) is 0 Å². The Morgan fingerprint density at radius 2 is 2.12 bits per heavy atom. The van der Waals surface area contributed by atoms with Crippen molar-refractivity contribution in [3.63, 3.8) is 0 Å². The number of rotatable bonds is 5. The van der Waals surface area contributed by atoms with Gasteiger partial charge in [0.2, 0.25) is 0 Å². The van der Waals surface area contributed by atoms with Gasteiger partial charge in [0.15, 0.2) is 0 Å². The molecule has 0 aliphatic carbocycles. The number of hydrogen-bond donors (Lipinski definition) is 1. The summed E-state index contributed by atoms with van der Waals surface area (Å²) in [7, 11) is 1.70. The number of hydrogen-bond acceptors (Lipinski definition) is 3. The number of halogens is 2. The third kappa shape index (κ3) is 4.11. The molecule has 1 unspecified atom stereocenters. The zero-order valence-corrected chi connectivity index (χ0v) is 13.6. The first kappa shape index (κ1) is 14.6. The lowest BCUT2D eigenvalue weighted by atomic mass is 9.99. The van der Waals surface area contributed by atoms with Gasteiger partial charge in [-0.2, -0.15) is 0 Å². The predicted molar refractivity (Wildman–Crippen MR) is 75.0 cm³/mol. The number of aliphatic hydroxyl groups is 1. The van der Waals surface area contributed by atoms with Crippen LogP contribution in [0.15, 0.2) is 14.3 Å². The third-order valence-corrected chi connectivity index (χ3v) is 5.92. The summed E-state index contributed by atoms with van der Waals surface area (Å²) in [5, 5.41) is 10.0. The largest absolute Gasteiger partial charge is 0.388 e.